The maximum Gasteiger partial charge on any atom is 0.254 e. The van der Waals surface area contributed by atoms with Crippen LogP contribution in [0.5, 0.6) is 0 Å². The highest BCUT2D eigenvalue weighted by molar-refractivity contribution is 6.07. The first-order valence-electron chi connectivity index (χ1n) is 11.1. The molecule has 2 saturated heterocycles. The first kappa shape index (κ1) is 21.2. The highest BCUT2D eigenvalue weighted by Gasteiger charge is 2.44. The number of carbonyl (C=O) groups is 3. The Morgan fingerprint density at radius 3 is 2.55 bits per heavy atom. The molecule has 3 aromatic rings. The highest BCUT2D eigenvalue weighted by atomic mass is 16.5. The van der Waals surface area contributed by atoms with Crippen LogP contribution in [0.2, 0.25) is 0 Å². The second-order valence-electron chi connectivity index (χ2n) is 8.39. The molecule has 7 heteroatoms. The minimum atomic E-state index is -0.710. The van der Waals surface area contributed by atoms with E-state index in [1.165, 1.54) is 0 Å². The Kier molecular flexibility index (Phi) is 5.79. The number of nitrogens with one attached hydrogen (secondary N) is 1. The van der Waals surface area contributed by atoms with E-state index in [4.69, 9.17) is 4.74 Å². The summed E-state index contributed by atoms with van der Waals surface area (Å²) in [4.78, 5) is 42.4. The van der Waals surface area contributed by atoms with Crippen LogP contribution in [-0.2, 0) is 20.9 Å². The number of hydrogen-bond donors (Lipinski definition) is 1. The van der Waals surface area contributed by atoms with Gasteiger partial charge in [-0.15, -0.1) is 0 Å². The predicted molar refractivity (Wildman–Crippen MR) is 123 cm³/mol. The minimum Gasteiger partial charge on any atom is -0.374 e. The zero-order valence-corrected chi connectivity index (χ0v) is 18.1. The smallest absolute Gasteiger partial charge is 0.254 e. The summed E-state index contributed by atoms with van der Waals surface area (Å²) >= 11 is 0. The van der Waals surface area contributed by atoms with Crippen LogP contribution in [0.25, 0.3) is 10.8 Å². The first-order valence-corrected chi connectivity index (χ1v) is 11.1. The summed E-state index contributed by atoms with van der Waals surface area (Å²) in [6.07, 6.45) is 0. The molecule has 3 amide bonds. The van der Waals surface area contributed by atoms with Gasteiger partial charge >= 0.3 is 0 Å². The summed E-state index contributed by atoms with van der Waals surface area (Å²) in [5.74, 6) is -0.539. The van der Waals surface area contributed by atoms with Crippen molar-refractivity contribution in [3.8, 4) is 0 Å². The normalized spacial score (nSPS) is 20.5. The number of nitrogens with zero attached hydrogens (tertiary/aromatic N) is 2. The molecule has 2 aliphatic rings. The molecule has 2 heterocycles. The zero-order chi connectivity index (χ0) is 22.8. The molecule has 7 nitrogen and oxygen atoms in total. The Hall–Kier alpha value is -3.71. The Morgan fingerprint density at radius 2 is 1.70 bits per heavy atom. The molecule has 33 heavy (non-hydrogen) atoms. The van der Waals surface area contributed by atoms with Gasteiger partial charge in [-0.3, -0.25) is 14.4 Å². The third-order valence-corrected chi connectivity index (χ3v) is 6.28. The van der Waals surface area contributed by atoms with E-state index in [1.54, 1.807) is 9.80 Å². The van der Waals surface area contributed by atoms with Crippen LogP contribution in [-0.4, -0.2) is 65.8 Å². The lowest BCUT2D eigenvalue weighted by Gasteiger charge is -2.45. The lowest BCUT2D eigenvalue weighted by Crippen LogP contribution is -2.70. The summed E-state index contributed by atoms with van der Waals surface area (Å²) in [7, 11) is 0. The predicted octanol–water partition coefficient (Wildman–Crippen LogP) is 2.21. The molecule has 2 aliphatic heterocycles. The molecule has 0 aliphatic carbocycles. The average Bonchev–Trinajstić information content (AvgIpc) is 2.86. The number of hydrogen-bond acceptors (Lipinski definition) is 4. The standard InChI is InChI=1S/C26H25N3O4/c30-24-23-15-28(25(31)21-12-6-10-19-9-4-5-11-20(19)21)13-14-29(23)26(32)22(27-24)17-33-16-18-7-2-1-3-8-18/h1-12,22-23H,13-17H2,(H,27,30)/t22-,23+/m0/s1. The first-order chi connectivity index (χ1) is 16.1. The van der Waals surface area contributed by atoms with Gasteiger partial charge in [0.1, 0.15) is 12.1 Å². The topological polar surface area (TPSA) is 79.0 Å². The number of piperazine rings is 2. The highest BCUT2D eigenvalue weighted by Crippen LogP contribution is 2.23. The fourth-order valence-electron chi connectivity index (χ4n) is 4.55. The van der Waals surface area contributed by atoms with E-state index in [2.05, 4.69) is 5.32 Å². The van der Waals surface area contributed by atoms with Gasteiger partial charge in [-0.2, -0.15) is 0 Å². The van der Waals surface area contributed by atoms with Crippen molar-refractivity contribution in [2.24, 2.45) is 0 Å². The third-order valence-electron chi connectivity index (χ3n) is 6.28. The van der Waals surface area contributed by atoms with Crippen LogP contribution >= 0.6 is 0 Å². The molecule has 0 saturated carbocycles. The van der Waals surface area contributed by atoms with Crippen molar-refractivity contribution < 1.29 is 19.1 Å². The van der Waals surface area contributed by atoms with Crippen LogP contribution < -0.4 is 5.32 Å². The van der Waals surface area contributed by atoms with Crippen LogP contribution in [0.1, 0.15) is 15.9 Å². The molecule has 0 radical (unpaired) electrons. The van der Waals surface area contributed by atoms with Crippen molar-refractivity contribution in [2.45, 2.75) is 18.7 Å². The van der Waals surface area contributed by atoms with E-state index in [0.29, 0.717) is 25.3 Å². The van der Waals surface area contributed by atoms with Crippen molar-refractivity contribution >= 4 is 28.5 Å². The quantitative estimate of drug-likeness (QED) is 0.656. The molecular formula is C26H25N3O4. The Bertz CT molecular complexity index is 1190. The zero-order valence-electron chi connectivity index (χ0n) is 18.1. The van der Waals surface area contributed by atoms with Crippen molar-refractivity contribution in [3.05, 3.63) is 83.9 Å². The summed E-state index contributed by atoms with van der Waals surface area (Å²) in [6, 6.07) is 21.7. The van der Waals surface area contributed by atoms with Crippen molar-refractivity contribution in [2.75, 3.05) is 26.2 Å². The number of benzene rings is 3. The van der Waals surface area contributed by atoms with Gasteiger partial charge in [-0.05, 0) is 22.4 Å². The van der Waals surface area contributed by atoms with Crippen LogP contribution in [0.15, 0.2) is 72.8 Å². The third kappa shape index (κ3) is 4.19. The van der Waals surface area contributed by atoms with Crippen molar-refractivity contribution in [1.29, 1.82) is 0 Å². The van der Waals surface area contributed by atoms with Gasteiger partial charge in [0.2, 0.25) is 11.8 Å². The van der Waals surface area contributed by atoms with Gasteiger partial charge in [0.25, 0.3) is 5.91 Å². The van der Waals surface area contributed by atoms with E-state index in [-0.39, 0.29) is 30.9 Å². The van der Waals surface area contributed by atoms with Crippen molar-refractivity contribution in [1.82, 2.24) is 15.1 Å². The molecule has 0 bridgehead atoms. The number of rotatable bonds is 5. The monoisotopic (exact) mass is 443 g/mol. The largest absolute Gasteiger partial charge is 0.374 e. The van der Waals surface area contributed by atoms with Gasteiger partial charge < -0.3 is 19.9 Å². The molecule has 168 valence electrons. The van der Waals surface area contributed by atoms with Crippen LogP contribution in [0.3, 0.4) is 0 Å². The summed E-state index contributed by atoms with van der Waals surface area (Å²) < 4.78 is 5.69. The molecule has 2 atom stereocenters. The Balaban J connectivity index is 1.24. The summed E-state index contributed by atoms with van der Waals surface area (Å²) in [6.45, 7) is 1.37. The van der Waals surface area contributed by atoms with Gasteiger partial charge in [0, 0.05) is 18.7 Å². The van der Waals surface area contributed by atoms with E-state index in [0.717, 1.165) is 16.3 Å². The van der Waals surface area contributed by atoms with Crippen LogP contribution in [0.4, 0.5) is 0 Å². The summed E-state index contributed by atoms with van der Waals surface area (Å²) in [5.41, 5.74) is 1.61. The second kappa shape index (κ2) is 9.03. The van der Waals surface area contributed by atoms with Gasteiger partial charge in [-0.25, -0.2) is 0 Å². The molecule has 1 N–H and O–H groups in total. The SMILES string of the molecule is O=C1N[C@@H](COCc2ccccc2)C(=O)N2CCN(C(=O)c3cccc4ccccc34)C[C@H]12. The Morgan fingerprint density at radius 1 is 0.939 bits per heavy atom. The van der Waals surface area contributed by atoms with Gasteiger partial charge in [-0.1, -0.05) is 66.7 Å². The molecule has 5 rings (SSSR count). The fourth-order valence-corrected chi connectivity index (χ4v) is 4.55. The van der Waals surface area contributed by atoms with Gasteiger partial charge in [0.05, 0.1) is 19.8 Å². The maximum atomic E-state index is 13.3. The number of amides is 3. The Labute approximate surface area is 191 Å². The average molecular weight is 444 g/mol. The lowest BCUT2D eigenvalue weighted by atomic mass is 10.0. The second-order valence-corrected chi connectivity index (χ2v) is 8.39. The van der Waals surface area contributed by atoms with E-state index in [1.807, 2.05) is 72.8 Å². The summed E-state index contributed by atoms with van der Waals surface area (Å²) in [5, 5.41) is 4.66. The molecule has 3 aromatic carbocycles. The molecule has 2 fully saturated rings. The molecule has 0 unspecified atom stereocenters. The van der Waals surface area contributed by atoms with Crippen molar-refractivity contribution in [3.63, 3.8) is 0 Å². The molecule has 0 aromatic heterocycles. The van der Waals surface area contributed by atoms with Crippen LogP contribution in [0, 0.1) is 0 Å². The van der Waals surface area contributed by atoms with E-state index >= 15 is 0 Å². The van der Waals surface area contributed by atoms with E-state index < -0.39 is 12.1 Å². The molecular weight excluding hydrogens is 418 g/mol. The number of carbonyl (C=O) groups excluding carboxylic acids is 3. The number of fused-ring (bicyclic) bond motifs is 2. The molecule has 0 spiro atoms. The minimum absolute atomic E-state index is 0.112. The lowest BCUT2D eigenvalue weighted by molar-refractivity contribution is -0.154. The van der Waals surface area contributed by atoms with Gasteiger partial charge in [0.15, 0.2) is 0 Å². The maximum absolute atomic E-state index is 13.3. The number of ether oxygens (including phenoxy) is 1. The fraction of sp³-hybridized carbons (Fsp3) is 0.269. The van der Waals surface area contributed by atoms with E-state index in [9.17, 15) is 14.4 Å².